The molecule has 1 aliphatic heterocycles. The van der Waals surface area contributed by atoms with Crippen molar-refractivity contribution >= 4 is 17.5 Å². The topological polar surface area (TPSA) is 62.9 Å². The van der Waals surface area contributed by atoms with Gasteiger partial charge in [0, 0.05) is 31.0 Å². The molecule has 0 bridgehead atoms. The molecule has 0 saturated carbocycles. The molecule has 1 unspecified atom stereocenters. The molecule has 30 heavy (non-hydrogen) atoms. The van der Waals surface area contributed by atoms with Crippen LogP contribution >= 0.6 is 0 Å². The molecule has 1 atom stereocenters. The molecule has 0 saturated heterocycles. The first-order valence-corrected chi connectivity index (χ1v) is 10.5. The molecular weight excluding hydrogens is 368 g/mol. The minimum absolute atomic E-state index is 0.0922. The monoisotopic (exact) mass is 398 g/mol. The Kier molecular flexibility index (Phi) is 6.48. The zero-order valence-corrected chi connectivity index (χ0v) is 18.4. The molecular formula is C26H30N4. The van der Waals surface area contributed by atoms with Crippen molar-refractivity contribution in [3.63, 3.8) is 0 Å². The fourth-order valence-corrected chi connectivity index (χ4v) is 4.06. The molecule has 0 spiro atoms. The Hall–Kier alpha value is -3.24. The largest absolute Gasteiger partial charge is 0.384 e. The number of hydrogen-bond donors (Lipinski definition) is 1. The van der Waals surface area contributed by atoms with E-state index < -0.39 is 0 Å². The lowest BCUT2D eigenvalue weighted by molar-refractivity contribution is 0.382. The fraction of sp³-hybridized carbons (Fsp3) is 0.385. The van der Waals surface area contributed by atoms with Crippen LogP contribution in [-0.2, 0) is 0 Å². The molecule has 2 aromatic carbocycles. The maximum Gasteiger partial charge on any atom is 0.130 e. The van der Waals surface area contributed by atoms with Crippen LogP contribution in [0.1, 0.15) is 49.8 Å². The first-order valence-electron chi connectivity index (χ1n) is 10.5. The van der Waals surface area contributed by atoms with Crippen molar-refractivity contribution in [1.29, 1.82) is 10.5 Å². The van der Waals surface area contributed by atoms with Gasteiger partial charge in [0.05, 0.1) is 0 Å². The summed E-state index contributed by atoms with van der Waals surface area (Å²) in [5.41, 5.74) is 6.03. The first kappa shape index (κ1) is 21.5. The Balaban J connectivity index is 1.83. The summed E-state index contributed by atoms with van der Waals surface area (Å²) in [6.07, 6.45) is 2.81. The molecule has 0 aromatic heterocycles. The van der Waals surface area contributed by atoms with Crippen LogP contribution in [0, 0.1) is 35.0 Å². The number of nitrogens with one attached hydrogen (secondary N) is 1. The minimum Gasteiger partial charge on any atom is -0.384 e. The molecule has 0 aliphatic carbocycles. The van der Waals surface area contributed by atoms with Crippen LogP contribution in [0.15, 0.2) is 48.0 Å². The van der Waals surface area contributed by atoms with Crippen molar-refractivity contribution in [2.24, 2.45) is 5.41 Å². The van der Waals surface area contributed by atoms with Gasteiger partial charge in [0.25, 0.3) is 0 Å². The van der Waals surface area contributed by atoms with E-state index in [4.69, 9.17) is 10.5 Å². The summed E-state index contributed by atoms with van der Waals surface area (Å²) >= 11 is 0. The molecule has 1 heterocycles. The Morgan fingerprint density at radius 2 is 1.90 bits per heavy atom. The number of nitriles is 2. The second kappa shape index (κ2) is 9.06. The predicted octanol–water partition coefficient (Wildman–Crippen LogP) is 5.88. The number of rotatable bonds is 6. The summed E-state index contributed by atoms with van der Waals surface area (Å²) < 4.78 is 0. The van der Waals surface area contributed by atoms with Crippen molar-refractivity contribution in [2.45, 2.75) is 40.0 Å². The van der Waals surface area contributed by atoms with Crippen LogP contribution in [0.2, 0.25) is 0 Å². The van der Waals surface area contributed by atoms with Gasteiger partial charge in [0.2, 0.25) is 0 Å². The smallest absolute Gasteiger partial charge is 0.130 e. The Morgan fingerprint density at radius 3 is 2.57 bits per heavy atom. The van der Waals surface area contributed by atoms with Crippen LogP contribution in [-0.4, -0.2) is 19.6 Å². The lowest BCUT2D eigenvalue weighted by Gasteiger charge is -2.40. The average Bonchev–Trinajstić information content (AvgIpc) is 2.74. The average molecular weight is 399 g/mol. The summed E-state index contributed by atoms with van der Waals surface area (Å²) in [4.78, 5) is 2.50. The summed E-state index contributed by atoms with van der Waals surface area (Å²) in [6, 6.07) is 18.7. The molecule has 1 aliphatic rings. The molecule has 4 heteroatoms. The molecule has 1 N–H and O–H groups in total. The maximum atomic E-state index is 9.12. The molecule has 4 nitrogen and oxygen atoms in total. The van der Waals surface area contributed by atoms with E-state index >= 15 is 0 Å². The number of fused-ring (bicyclic) bond motifs is 1. The van der Waals surface area contributed by atoms with Crippen molar-refractivity contribution in [3.05, 3.63) is 64.7 Å². The van der Waals surface area contributed by atoms with Crippen LogP contribution in [0.3, 0.4) is 0 Å². The fourth-order valence-electron chi connectivity index (χ4n) is 4.06. The van der Waals surface area contributed by atoms with E-state index in [9.17, 15) is 0 Å². The Labute approximate surface area is 180 Å². The van der Waals surface area contributed by atoms with E-state index in [1.807, 2.05) is 18.2 Å². The molecule has 154 valence electrons. The minimum atomic E-state index is 0.0922. The van der Waals surface area contributed by atoms with Crippen LogP contribution in [0.4, 0.5) is 11.4 Å². The van der Waals surface area contributed by atoms with Crippen LogP contribution < -0.4 is 10.2 Å². The molecule has 2 aromatic rings. The zero-order valence-electron chi connectivity index (χ0n) is 18.4. The summed E-state index contributed by atoms with van der Waals surface area (Å²) in [6.45, 7) is 11.8. The van der Waals surface area contributed by atoms with Gasteiger partial charge in [-0.05, 0) is 71.7 Å². The molecule has 0 fully saturated rings. The lowest BCUT2D eigenvalue weighted by atomic mass is 9.85. The number of aryl methyl sites for hydroxylation is 1. The molecule has 0 radical (unpaired) electrons. The van der Waals surface area contributed by atoms with Gasteiger partial charge in [0.15, 0.2) is 0 Å². The van der Waals surface area contributed by atoms with Gasteiger partial charge in [-0.15, -0.1) is 0 Å². The van der Waals surface area contributed by atoms with Crippen molar-refractivity contribution in [3.8, 4) is 12.1 Å². The normalized spacial score (nSPS) is 15.5. The van der Waals surface area contributed by atoms with Gasteiger partial charge >= 0.3 is 0 Å². The number of allylic oxidation sites excluding steroid dienone is 1. The van der Waals surface area contributed by atoms with Crippen molar-refractivity contribution < 1.29 is 0 Å². The van der Waals surface area contributed by atoms with Crippen LogP contribution in [0.25, 0.3) is 6.08 Å². The zero-order chi connectivity index (χ0) is 21.7. The quantitative estimate of drug-likeness (QED) is 0.617. The van der Waals surface area contributed by atoms with E-state index in [1.165, 1.54) is 11.3 Å². The molecule has 3 rings (SSSR count). The second-order valence-electron chi connectivity index (χ2n) is 9.04. The van der Waals surface area contributed by atoms with Gasteiger partial charge in [-0.2, -0.15) is 10.5 Å². The predicted molar refractivity (Wildman–Crippen MR) is 124 cm³/mol. The summed E-state index contributed by atoms with van der Waals surface area (Å²) in [5, 5.41) is 21.8. The highest BCUT2D eigenvalue weighted by atomic mass is 15.1. The van der Waals surface area contributed by atoms with E-state index in [1.54, 1.807) is 6.08 Å². The number of nitrogens with zero attached hydrogens (tertiary/aromatic N) is 3. The highest BCUT2D eigenvalue weighted by Gasteiger charge is 2.28. The lowest BCUT2D eigenvalue weighted by Crippen LogP contribution is -2.41. The van der Waals surface area contributed by atoms with Gasteiger partial charge < -0.3 is 10.2 Å². The highest BCUT2D eigenvalue weighted by molar-refractivity contribution is 5.70. The maximum absolute atomic E-state index is 9.12. The summed E-state index contributed by atoms with van der Waals surface area (Å²) in [7, 11) is 0. The Bertz CT molecular complexity index is 990. The van der Waals surface area contributed by atoms with Gasteiger partial charge in [0.1, 0.15) is 17.7 Å². The molecule has 0 amide bonds. The first-order chi connectivity index (χ1) is 14.3. The number of anilines is 2. The van der Waals surface area contributed by atoms with E-state index in [2.05, 4.69) is 74.3 Å². The third-order valence-corrected chi connectivity index (χ3v) is 5.82. The van der Waals surface area contributed by atoms with Gasteiger partial charge in [-0.25, -0.2) is 0 Å². The second-order valence-corrected chi connectivity index (χ2v) is 9.04. The van der Waals surface area contributed by atoms with Crippen LogP contribution in [0.5, 0.6) is 0 Å². The van der Waals surface area contributed by atoms with Gasteiger partial charge in [-0.3, -0.25) is 0 Å². The van der Waals surface area contributed by atoms with E-state index in [-0.39, 0.29) is 11.0 Å². The number of benzene rings is 2. The number of para-hydroxylation sites is 1. The Morgan fingerprint density at radius 1 is 1.20 bits per heavy atom. The third-order valence-electron chi connectivity index (χ3n) is 5.82. The summed E-state index contributed by atoms with van der Waals surface area (Å²) in [5.74, 6) is 0.460. The third kappa shape index (κ3) is 5.02. The SMILES string of the molecule is Cc1cc2c(cc1C=C(C#N)C#N)C(C)CCN2CC(C)(C)CNc1ccccc1. The van der Waals surface area contributed by atoms with E-state index in [0.29, 0.717) is 5.92 Å². The number of hydrogen-bond acceptors (Lipinski definition) is 4. The van der Waals surface area contributed by atoms with Crippen molar-refractivity contribution in [2.75, 3.05) is 29.9 Å². The van der Waals surface area contributed by atoms with E-state index in [0.717, 1.165) is 42.9 Å². The standard InChI is InChI=1S/C26H30N4/c1-19-10-11-30(18-26(3,4)17-29-23-8-6-5-7-9-23)25-12-20(2)22(14-24(19)25)13-21(15-27)16-28/h5-9,12-14,19,29H,10-11,17-18H2,1-4H3. The van der Waals surface area contributed by atoms with Gasteiger partial charge in [-0.1, -0.05) is 39.0 Å². The highest BCUT2D eigenvalue weighted by Crippen LogP contribution is 2.39. The van der Waals surface area contributed by atoms with Crippen molar-refractivity contribution in [1.82, 2.24) is 0 Å².